The lowest BCUT2D eigenvalue weighted by Crippen LogP contribution is -2.14. The van der Waals surface area contributed by atoms with E-state index in [-0.39, 0.29) is 5.75 Å². The van der Waals surface area contributed by atoms with E-state index in [9.17, 15) is 5.11 Å². The normalized spacial score (nSPS) is 12.0. The minimum Gasteiger partial charge on any atom is -0.502 e. The molecule has 17 heavy (non-hydrogen) atoms. The van der Waals surface area contributed by atoms with E-state index < -0.39 is 0 Å². The first kappa shape index (κ1) is 13.3. The summed E-state index contributed by atoms with van der Waals surface area (Å²) in [5.41, 5.74) is 4.87. The fraction of sp³-hybridized carbons (Fsp3) is 0.417. The number of para-hydroxylation sites is 1. The summed E-state index contributed by atoms with van der Waals surface area (Å²) in [6.07, 6.45) is 0.814. The topological polar surface area (TPSA) is 53.7 Å². The molecule has 0 aliphatic heterocycles. The van der Waals surface area contributed by atoms with Crippen LogP contribution in [0.25, 0.3) is 0 Å². The monoisotopic (exact) mass is 239 g/mol. The number of aromatic hydroxyl groups is 1. The van der Waals surface area contributed by atoms with Crippen LogP contribution in [-0.2, 0) is 9.68 Å². The van der Waals surface area contributed by atoms with E-state index >= 15 is 0 Å². The van der Waals surface area contributed by atoms with Gasteiger partial charge in [0.05, 0.1) is 7.11 Å². The minimum absolute atomic E-state index is 0.127. The van der Waals surface area contributed by atoms with Gasteiger partial charge >= 0.3 is 5.69 Å². The number of anilines is 1. The second kappa shape index (κ2) is 6.10. The summed E-state index contributed by atoms with van der Waals surface area (Å²) in [7, 11) is 3.07. The van der Waals surface area contributed by atoms with Crippen molar-refractivity contribution in [2.24, 2.45) is 0 Å². The van der Waals surface area contributed by atoms with Gasteiger partial charge in [-0.2, -0.15) is 0 Å². The van der Waals surface area contributed by atoms with Gasteiger partial charge in [0.1, 0.15) is 12.8 Å². The smallest absolute Gasteiger partial charge is 0.323 e. The molecule has 0 heterocycles. The van der Waals surface area contributed by atoms with Crippen molar-refractivity contribution in [3.8, 4) is 5.75 Å². The van der Waals surface area contributed by atoms with E-state index in [4.69, 9.17) is 9.68 Å². The van der Waals surface area contributed by atoms with E-state index in [2.05, 4.69) is 5.48 Å². The van der Waals surface area contributed by atoms with Crippen molar-refractivity contribution in [1.82, 2.24) is 0 Å². The summed E-state index contributed by atoms with van der Waals surface area (Å²) in [4.78, 5) is 10.2. The third-order valence-electron chi connectivity index (χ3n) is 2.47. The molecule has 0 fully saturated rings. The van der Waals surface area contributed by atoms with Crippen LogP contribution in [0.2, 0.25) is 0 Å². The van der Waals surface area contributed by atoms with E-state index in [1.807, 2.05) is 13.8 Å². The number of hydrogen-bond donors (Lipinski definition) is 2. The van der Waals surface area contributed by atoms with Gasteiger partial charge in [0.25, 0.3) is 0 Å². The van der Waals surface area contributed by atoms with Gasteiger partial charge in [0.2, 0.25) is 5.71 Å². The molecule has 5 heteroatoms. The van der Waals surface area contributed by atoms with Crippen molar-refractivity contribution in [2.75, 3.05) is 19.7 Å². The maximum Gasteiger partial charge on any atom is 0.323 e. The van der Waals surface area contributed by atoms with E-state index in [1.54, 1.807) is 30.0 Å². The molecule has 0 unspecified atom stereocenters. The molecule has 0 saturated carbocycles. The molecule has 0 aliphatic carbocycles. The van der Waals surface area contributed by atoms with E-state index in [0.717, 1.165) is 12.1 Å². The Morgan fingerprint density at radius 3 is 2.65 bits per heavy atom. The van der Waals surface area contributed by atoms with Crippen LogP contribution in [0.1, 0.15) is 20.3 Å². The summed E-state index contributed by atoms with van der Waals surface area (Å²) in [6, 6.07) is 5.13. The Bertz CT molecular complexity index is 416. The summed E-state index contributed by atoms with van der Waals surface area (Å²) in [5, 5.41) is 9.93. The zero-order valence-corrected chi connectivity index (χ0v) is 10.7. The molecule has 5 nitrogen and oxygen atoms in total. The predicted molar refractivity (Wildman–Crippen MR) is 66.6 cm³/mol. The fourth-order valence-corrected chi connectivity index (χ4v) is 1.52. The third kappa shape index (κ3) is 2.88. The van der Waals surface area contributed by atoms with Crippen LogP contribution >= 0.6 is 0 Å². The van der Waals surface area contributed by atoms with Crippen LogP contribution in [-0.4, -0.2) is 29.8 Å². The van der Waals surface area contributed by atoms with Crippen LogP contribution in [0, 0.1) is 0 Å². The Morgan fingerprint density at radius 1 is 1.41 bits per heavy atom. The number of hydrogen-bond acceptors (Lipinski definition) is 4. The molecule has 0 amide bonds. The molecule has 0 radical (unpaired) electrons. The quantitative estimate of drug-likeness (QED) is 0.471. The van der Waals surface area contributed by atoms with Gasteiger partial charge < -0.3 is 5.11 Å². The van der Waals surface area contributed by atoms with Gasteiger partial charge in [0, 0.05) is 18.1 Å². The number of rotatable bonds is 5. The molecule has 0 atom stereocenters. The number of phenols is 1. The van der Waals surface area contributed by atoms with Crippen molar-refractivity contribution in [1.29, 1.82) is 0 Å². The third-order valence-corrected chi connectivity index (χ3v) is 2.47. The fourth-order valence-electron chi connectivity index (χ4n) is 1.52. The first-order valence-corrected chi connectivity index (χ1v) is 5.43. The zero-order chi connectivity index (χ0) is 12.8. The molecular weight excluding hydrogens is 220 g/mol. The van der Waals surface area contributed by atoms with Gasteiger partial charge in [-0.15, -0.1) is 0 Å². The van der Waals surface area contributed by atoms with Crippen LogP contribution in [0.3, 0.4) is 0 Å². The Morgan fingerprint density at radius 2 is 2.12 bits per heavy atom. The van der Waals surface area contributed by atoms with Gasteiger partial charge in [0.15, 0.2) is 5.75 Å². The molecule has 0 aliphatic rings. The van der Waals surface area contributed by atoms with Crippen LogP contribution in [0.15, 0.2) is 18.2 Å². The molecule has 0 bridgehead atoms. The van der Waals surface area contributed by atoms with E-state index in [1.165, 1.54) is 7.11 Å². The summed E-state index contributed by atoms with van der Waals surface area (Å²) in [5.74, 6) is 0.127. The van der Waals surface area contributed by atoms with Crippen molar-refractivity contribution in [2.45, 2.75) is 20.3 Å². The molecule has 0 saturated heterocycles. The maximum atomic E-state index is 9.93. The Labute approximate surface area is 101 Å². The Hall–Kier alpha value is -1.75. The van der Waals surface area contributed by atoms with E-state index in [0.29, 0.717) is 11.4 Å². The van der Waals surface area contributed by atoms with Crippen molar-refractivity contribution in [3.63, 3.8) is 0 Å². The summed E-state index contributed by atoms with van der Waals surface area (Å²) in [6.45, 7) is 3.96. The molecule has 2 N–H and O–H groups in total. The number of benzene rings is 1. The Kier molecular flexibility index (Phi) is 4.78. The van der Waals surface area contributed by atoms with Gasteiger partial charge in [-0.3, -0.25) is 15.2 Å². The number of phenolic OH excluding ortho intramolecular Hbond substituents is 1. The molecule has 0 spiro atoms. The minimum atomic E-state index is 0.127. The molecule has 94 valence electrons. The average Bonchev–Trinajstić information content (AvgIpc) is 2.33. The second-order valence-electron chi connectivity index (χ2n) is 3.55. The predicted octanol–water partition coefficient (Wildman–Crippen LogP) is 2.44. The summed E-state index contributed by atoms with van der Waals surface area (Å²) < 4.78 is 1.58. The number of nitrogens with zero attached hydrogens (tertiary/aromatic N) is 1. The van der Waals surface area contributed by atoms with Crippen molar-refractivity contribution in [3.05, 3.63) is 18.2 Å². The highest BCUT2D eigenvalue weighted by molar-refractivity contribution is 5.79. The number of nitrogens with one attached hydrogen (secondary N) is 1. The SMILES string of the molecule is CC/C(C)=[N+](/OC)c1c(O)cccc1NOC. The average molecular weight is 239 g/mol. The van der Waals surface area contributed by atoms with Gasteiger partial charge in [-0.1, -0.05) is 13.0 Å². The van der Waals surface area contributed by atoms with Crippen LogP contribution in [0.4, 0.5) is 11.4 Å². The standard InChI is InChI=1S/C12H18N2O3/c1-5-9(2)14(17-4)12-10(13-16-3)7-6-8-11(12)15/h6-8,13H,5H2,1-4H3/p+1/b14-9+. The maximum absolute atomic E-state index is 9.93. The molecule has 1 rings (SSSR count). The molecule has 0 aromatic heterocycles. The van der Waals surface area contributed by atoms with Crippen LogP contribution < -0.4 is 5.48 Å². The zero-order valence-electron chi connectivity index (χ0n) is 10.7. The first-order valence-electron chi connectivity index (χ1n) is 5.43. The highest BCUT2D eigenvalue weighted by Gasteiger charge is 2.24. The van der Waals surface area contributed by atoms with Crippen molar-refractivity contribution < 1.29 is 19.5 Å². The highest BCUT2D eigenvalue weighted by Crippen LogP contribution is 2.34. The molecule has 1 aromatic carbocycles. The lowest BCUT2D eigenvalue weighted by Gasteiger charge is -2.09. The largest absolute Gasteiger partial charge is 0.502 e. The van der Waals surface area contributed by atoms with Crippen LogP contribution in [0.5, 0.6) is 5.75 Å². The summed E-state index contributed by atoms with van der Waals surface area (Å²) >= 11 is 0. The van der Waals surface area contributed by atoms with Gasteiger partial charge in [-0.05, 0) is 12.1 Å². The lowest BCUT2D eigenvalue weighted by atomic mass is 10.2. The first-order chi connectivity index (χ1) is 8.15. The highest BCUT2D eigenvalue weighted by atomic mass is 16.7. The van der Waals surface area contributed by atoms with Crippen molar-refractivity contribution >= 4 is 17.1 Å². The lowest BCUT2D eigenvalue weighted by molar-refractivity contribution is -0.721. The molecule has 1 aromatic rings. The Balaban J connectivity index is 3.36. The molecular formula is C12H19N2O3+. The second-order valence-corrected chi connectivity index (χ2v) is 3.55. The van der Waals surface area contributed by atoms with Gasteiger partial charge in [-0.25, -0.2) is 0 Å².